The van der Waals surface area contributed by atoms with Crippen molar-refractivity contribution >= 4 is 0 Å². The molecule has 54 valence electrons. The van der Waals surface area contributed by atoms with Gasteiger partial charge in [0.2, 0.25) is 0 Å². The van der Waals surface area contributed by atoms with E-state index in [0.717, 1.165) is 4.48 Å². The Bertz CT molecular complexity index is 118. The third-order valence-electron chi connectivity index (χ3n) is 1.72. The van der Waals surface area contributed by atoms with Gasteiger partial charge in [-0.05, 0) is 5.57 Å². The number of hydrogen-bond acceptors (Lipinski definition) is 0. The summed E-state index contributed by atoms with van der Waals surface area (Å²) < 4.78 is 1.14. The van der Waals surface area contributed by atoms with E-state index in [9.17, 15) is 0 Å². The molecule has 0 saturated carbocycles. The van der Waals surface area contributed by atoms with Crippen LogP contribution in [0.5, 0.6) is 0 Å². The molecule has 1 aliphatic rings. The van der Waals surface area contributed by atoms with E-state index in [0.29, 0.717) is 0 Å². The molecule has 0 atom stereocenters. The Hall–Kier alpha value is 0.430. The molecule has 0 N–H and O–H groups in total. The lowest BCUT2D eigenvalue weighted by molar-refractivity contribution is -0.875. The lowest BCUT2D eigenvalue weighted by atomic mass is 10.3. The van der Waals surface area contributed by atoms with E-state index in [-0.39, 0.29) is 24.0 Å². The molecule has 0 aromatic rings. The fraction of sp³-hybridized carbons (Fsp3) is 0.714. The number of likely N-dealkylation sites (tertiary alicyclic amines) is 1. The molecule has 0 radical (unpaired) electrons. The summed E-state index contributed by atoms with van der Waals surface area (Å²) in [6.07, 6.45) is 1.23. The van der Waals surface area contributed by atoms with Crippen LogP contribution in [0, 0.1) is 0 Å². The molecule has 0 amide bonds. The van der Waals surface area contributed by atoms with Crippen LogP contribution in [0.15, 0.2) is 12.2 Å². The first kappa shape index (κ1) is 9.43. The van der Waals surface area contributed by atoms with Gasteiger partial charge in [-0.15, -0.1) is 0 Å². The molecule has 1 heterocycles. The monoisotopic (exact) mass is 239 g/mol. The maximum Gasteiger partial charge on any atom is 0.0998 e. The number of rotatable bonds is 0. The number of hydrogen-bond donors (Lipinski definition) is 0. The van der Waals surface area contributed by atoms with Crippen LogP contribution >= 0.6 is 0 Å². The summed E-state index contributed by atoms with van der Waals surface area (Å²) in [6, 6.07) is 0. The summed E-state index contributed by atoms with van der Waals surface area (Å²) in [5, 5.41) is 0. The molecule has 1 aliphatic heterocycles. The SMILES string of the molecule is C=C1CC[N+](C)(C)C1.[I-]. The normalized spacial score (nSPS) is 23.6. The molecular weight excluding hydrogens is 225 g/mol. The van der Waals surface area contributed by atoms with E-state index in [1.807, 2.05) is 0 Å². The molecule has 1 nitrogen and oxygen atoms in total. The van der Waals surface area contributed by atoms with Crippen LogP contribution in [0.25, 0.3) is 0 Å². The fourth-order valence-corrected chi connectivity index (χ4v) is 1.22. The van der Waals surface area contributed by atoms with Crippen LogP contribution in [0.4, 0.5) is 0 Å². The van der Waals surface area contributed by atoms with Crippen molar-refractivity contribution in [2.24, 2.45) is 0 Å². The molecule has 0 aliphatic carbocycles. The highest BCUT2D eigenvalue weighted by atomic mass is 127. The first-order valence-corrected chi connectivity index (χ1v) is 3.09. The van der Waals surface area contributed by atoms with E-state index >= 15 is 0 Å². The van der Waals surface area contributed by atoms with Gasteiger partial charge in [0.15, 0.2) is 0 Å². The van der Waals surface area contributed by atoms with Gasteiger partial charge >= 0.3 is 0 Å². The molecule has 1 saturated heterocycles. The van der Waals surface area contributed by atoms with Crippen molar-refractivity contribution in [3.8, 4) is 0 Å². The lowest BCUT2D eigenvalue weighted by Crippen LogP contribution is -3.00. The number of nitrogens with zero attached hydrogens (tertiary/aromatic N) is 1. The molecule has 0 unspecified atom stereocenters. The molecule has 2 heteroatoms. The highest BCUT2D eigenvalue weighted by Crippen LogP contribution is 2.16. The number of likely N-dealkylation sites (N-methyl/N-ethyl adjacent to an activating group) is 1. The first-order valence-electron chi connectivity index (χ1n) is 3.09. The van der Waals surface area contributed by atoms with E-state index in [1.54, 1.807) is 0 Å². The van der Waals surface area contributed by atoms with Gasteiger partial charge in [0.25, 0.3) is 0 Å². The smallest absolute Gasteiger partial charge is 0.0998 e. The van der Waals surface area contributed by atoms with Crippen LogP contribution in [-0.2, 0) is 0 Å². The van der Waals surface area contributed by atoms with Gasteiger partial charge in [0, 0.05) is 6.42 Å². The minimum Gasteiger partial charge on any atom is -1.00 e. The summed E-state index contributed by atoms with van der Waals surface area (Å²) in [6.45, 7) is 6.39. The third kappa shape index (κ3) is 2.67. The molecule has 9 heavy (non-hydrogen) atoms. The standard InChI is InChI=1S/C7H14N.HI/c1-7-4-5-8(2,3)6-7;/h1,4-6H2,2-3H3;1H/q+1;/p-1. The summed E-state index contributed by atoms with van der Waals surface area (Å²) in [5.41, 5.74) is 1.41. The van der Waals surface area contributed by atoms with Crippen molar-refractivity contribution in [3.63, 3.8) is 0 Å². The lowest BCUT2D eigenvalue weighted by Gasteiger charge is -2.21. The minimum absolute atomic E-state index is 0. The Kier molecular flexibility index (Phi) is 3.16. The van der Waals surface area contributed by atoms with Gasteiger partial charge < -0.3 is 28.5 Å². The zero-order valence-electron chi connectivity index (χ0n) is 6.15. The highest BCUT2D eigenvalue weighted by molar-refractivity contribution is 4.97. The van der Waals surface area contributed by atoms with Gasteiger partial charge in [-0.3, -0.25) is 0 Å². The highest BCUT2D eigenvalue weighted by Gasteiger charge is 2.23. The predicted molar refractivity (Wildman–Crippen MR) is 35.6 cm³/mol. The van der Waals surface area contributed by atoms with Crippen molar-refractivity contribution in [3.05, 3.63) is 12.2 Å². The van der Waals surface area contributed by atoms with E-state index in [2.05, 4.69) is 20.7 Å². The Morgan fingerprint density at radius 2 is 2.00 bits per heavy atom. The Labute approximate surface area is 74.3 Å². The average Bonchev–Trinajstić information content (AvgIpc) is 1.82. The quantitative estimate of drug-likeness (QED) is 0.261. The van der Waals surface area contributed by atoms with Gasteiger partial charge in [0.1, 0.15) is 0 Å². The van der Waals surface area contributed by atoms with Crippen LogP contribution in [0.3, 0.4) is 0 Å². The van der Waals surface area contributed by atoms with Crippen LogP contribution in [0.1, 0.15) is 6.42 Å². The molecule has 1 rings (SSSR count). The van der Waals surface area contributed by atoms with Crippen LogP contribution in [0.2, 0.25) is 0 Å². The van der Waals surface area contributed by atoms with Gasteiger partial charge in [0.05, 0.1) is 27.2 Å². The first-order chi connectivity index (χ1) is 3.60. The van der Waals surface area contributed by atoms with Gasteiger partial charge in [-0.25, -0.2) is 0 Å². The summed E-state index contributed by atoms with van der Waals surface area (Å²) in [4.78, 5) is 0. The predicted octanol–water partition coefficient (Wildman–Crippen LogP) is -1.97. The zero-order chi connectivity index (χ0) is 6.20. The second-order valence-electron chi connectivity index (χ2n) is 3.32. The van der Waals surface area contributed by atoms with E-state index in [4.69, 9.17) is 0 Å². The molecule has 0 spiro atoms. The second kappa shape index (κ2) is 3.01. The van der Waals surface area contributed by atoms with Crippen molar-refractivity contribution < 1.29 is 28.5 Å². The summed E-state index contributed by atoms with van der Waals surface area (Å²) in [5.74, 6) is 0. The van der Waals surface area contributed by atoms with Gasteiger partial charge in [-0.2, -0.15) is 0 Å². The van der Waals surface area contributed by atoms with Crippen molar-refractivity contribution in [1.82, 2.24) is 0 Å². The van der Waals surface area contributed by atoms with Crippen molar-refractivity contribution in [2.45, 2.75) is 6.42 Å². The van der Waals surface area contributed by atoms with Crippen molar-refractivity contribution in [1.29, 1.82) is 0 Å². The van der Waals surface area contributed by atoms with Crippen LogP contribution in [-0.4, -0.2) is 31.7 Å². The maximum absolute atomic E-state index is 3.93. The molecule has 0 bridgehead atoms. The minimum atomic E-state index is 0. The van der Waals surface area contributed by atoms with Crippen molar-refractivity contribution in [2.75, 3.05) is 27.2 Å². The maximum atomic E-state index is 3.93. The average molecular weight is 239 g/mol. The summed E-state index contributed by atoms with van der Waals surface area (Å²) >= 11 is 0. The van der Waals surface area contributed by atoms with E-state index < -0.39 is 0 Å². The largest absolute Gasteiger partial charge is 1.00 e. The second-order valence-corrected chi connectivity index (χ2v) is 3.32. The molecular formula is C7H14IN. The fourth-order valence-electron chi connectivity index (χ4n) is 1.22. The Morgan fingerprint density at radius 3 is 2.11 bits per heavy atom. The summed E-state index contributed by atoms with van der Waals surface area (Å²) in [7, 11) is 4.50. The third-order valence-corrected chi connectivity index (χ3v) is 1.72. The Morgan fingerprint density at radius 1 is 1.44 bits per heavy atom. The number of quaternary nitrogens is 1. The topological polar surface area (TPSA) is 0 Å². The number of halogens is 1. The zero-order valence-corrected chi connectivity index (χ0v) is 8.31. The van der Waals surface area contributed by atoms with E-state index in [1.165, 1.54) is 25.1 Å². The molecule has 0 aromatic heterocycles. The Balaban J connectivity index is 0.000000640. The molecule has 1 fully saturated rings. The van der Waals surface area contributed by atoms with Gasteiger partial charge in [-0.1, -0.05) is 6.58 Å². The molecule has 0 aromatic carbocycles. The van der Waals surface area contributed by atoms with Crippen LogP contribution < -0.4 is 24.0 Å².